The van der Waals surface area contributed by atoms with E-state index in [0.717, 1.165) is 40.0 Å². The Hall–Kier alpha value is -5.02. The quantitative estimate of drug-likeness (QED) is 0.251. The molecule has 3 heteroatoms. The van der Waals surface area contributed by atoms with Crippen LogP contribution in [0.4, 0.5) is 0 Å². The molecule has 0 aliphatic heterocycles. The van der Waals surface area contributed by atoms with Crippen molar-refractivity contribution in [3.05, 3.63) is 139 Å². The van der Waals surface area contributed by atoms with Crippen molar-refractivity contribution < 1.29 is 0 Å². The summed E-state index contributed by atoms with van der Waals surface area (Å²) in [5.74, 6) is 0.687. The van der Waals surface area contributed by atoms with E-state index in [1.807, 2.05) is 12.1 Å². The van der Waals surface area contributed by atoms with Crippen molar-refractivity contribution in [3.8, 4) is 39.6 Å². The summed E-state index contributed by atoms with van der Waals surface area (Å²) >= 11 is 0. The zero-order valence-corrected chi connectivity index (χ0v) is 20.7. The van der Waals surface area contributed by atoms with Crippen LogP contribution in [0, 0.1) is 0 Å². The number of para-hydroxylation sites is 1. The van der Waals surface area contributed by atoms with Gasteiger partial charge in [-0.1, -0.05) is 109 Å². The summed E-state index contributed by atoms with van der Waals surface area (Å²) in [4.78, 5) is 10.3. The topological polar surface area (TPSA) is 30.7 Å². The summed E-state index contributed by atoms with van der Waals surface area (Å²) in [6.45, 7) is 0. The Balaban J connectivity index is 1.44. The molecule has 1 aliphatic rings. The van der Waals surface area contributed by atoms with Gasteiger partial charge < -0.3 is 0 Å². The molecule has 0 bridgehead atoms. The van der Waals surface area contributed by atoms with Gasteiger partial charge in [-0.25, -0.2) is 9.97 Å². The van der Waals surface area contributed by atoms with Crippen LogP contribution in [0.1, 0.15) is 11.1 Å². The molecule has 3 nitrogen and oxygen atoms in total. The third-order valence-corrected chi connectivity index (χ3v) is 7.67. The van der Waals surface area contributed by atoms with Crippen molar-refractivity contribution >= 4 is 21.8 Å². The molecule has 178 valence electrons. The monoisotopic (exact) mass is 485 g/mol. The Labute approximate surface area is 220 Å². The largest absolute Gasteiger partial charge is 0.278 e. The number of benzene rings is 5. The second-order valence-corrected chi connectivity index (χ2v) is 9.84. The first-order valence-corrected chi connectivity index (χ1v) is 13.0. The van der Waals surface area contributed by atoms with Crippen LogP contribution in [-0.4, -0.2) is 14.5 Å². The zero-order valence-electron chi connectivity index (χ0n) is 20.7. The number of hydrogen-bond donors (Lipinski definition) is 0. The van der Waals surface area contributed by atoms with Crippen LogP contribution in [0.25, 0.3) is 61.4 Å². The molecule has 0 atom stereocenters. The fourth-order valence-electron chi connectivity index (χ4n) is 5.96. The van der Waals surface area contributed by atoms with Crippen molar-refractivity contribution in [2.45, 2.75) is 6.42 Å². The summed E-state index contributed by atoms with van der Waals surface area (Å²) < 4.78 is 2.24. The van der Waals surface area contributed by atoms with Gasteiger partial charge in [0.05, 0.1) is 22.4 Å². The predicted molar refractivity (Wildman–Crippen MR) is 155 cm³/mol. The molecule has 5 aromatic carbocycles. The average molecular weight is 486 g/mol. The number of aromatic nitrogens is 3. The Morgan fingerprint density at radius 1 is 0.526 bits per heavy atom. The Morgan fingerprint density at radius 3 is 1.89 bits per heavy atom. The zero-order chi connectivity index (χ0) is 25.1. The molecule has 38 heavy (non-hydrogen) atoms. The molecule has 1 aliphatic carbocycles. The highest BCUT2D eigenvalue weighted by Crippen LogP contribution is 2.44. The highest BCUT2D eigenvalue weighted by Gasteiger charge is 2.25. The van der Waals surface area contributed by atoms with E-state index < -0.39 is 0 Å². The third kappa shape index (κ3) is 3.15. The third-order valence-electron chi connectivity index (χ3n) is 7.67. The summed E-state index contributed by atoms with van der Waals surface area (Å²) in [6, 6.07) is 44.8. The van der Waals surface area contributed by atoms with Crippen LogP contribution < -0.4 is 0 Å². The van der Waals surface area contributed by atoms with Gasteiger partial charge in [-0.3, -0.25) is 4.57 Å². The van der Waals surface area contributed by atoms with Crippen LogP contribution in [0.5, 0.6) is 0 Å². The minimum Gasteiger partial charge on any atom is -0.278 e. The van der Waals surface area contributed by atoms with Gasteiger partial charge in [0.1, 0.15) is 0 Å². The number of rotatable bonds is 3. The molecule has 0 spiro atoms. The molecule has 0 amide bonds. The molecular formula is C35H23N3. The molecule has 8 rings (SSSR count). The number of fused-ring (bicyclic) bond motifs is 7. The van der Waals surface area contributed by atoms with E-state index in [4.69, 9.17) is 9.97 Å². The first kappa shape index (κ1) is 21.1. The van der Waals surface area contributed by atoms with E-state index in [1.54, 1.807) is 0 Å². The minimum atomic E-state index is 0.687. The fourth-order valence-corrected chi connectivity index (χ4v) is 5.96. The summed E-state index contributed by atoms with van der Waals surface area (Å²) in [7, 11) is 0. The Bertz CT molecular complexity index is 1930. The summed E-state index contributed by atoms with van der Waals surface area (Å²) in [6.07, 6.45) is 0.941. The second kappa shape index (κ2) is 8.25. The van der Waals surface area contributed by atoms with E-state index >= 15 is 0 Å². The maximum absolute atomic E-state index is 5.16. The lowest BCUT2D eigenvalue weighted by Gasteiger charge is -2.12. The van der Waals surface area contributed by atoms with E-state index in [-0.39, 0.29) is 0 Å². The van der Waals surface area contributed by atoms with Gasteiger partial charge in [-0.2, -0.15) is 0 Å². The Morgan fingerprint density at radius 2 is 1.16 bits per heavy atom. The molecule has 0 unspecified atom stereocenters. The van der Waals surface area contributed by atoms with Crippen molar-refractivity contribution in [3.63, 3.8) is 0 Å². The lowest BCUT2D eigenvalue weighted by Crippen LogP contribution is -2.04. The molecule has 2 heterocycles. The maximum atomic E-state index is 5.16. The molecule has 0 saturated heterocycles. The SMILES string of the molecule is c1ccc(-c2cc(-c3ccccc3)nc(-n3c4ccccc4c4c5c(ccc43)-c3ccccc3C5)n2)cc1. The first-order valence-electron chi connectivity index (χ1n) is 13.0. The van der Waals surface area contributed by atoms with Gasteiger partial charge in [0.2, 0.25) is 5.95 Å². The van der Waals surface area contributed by atoms with Crippen LogP contribution in [-0.2, 0) is 6.42 Å². The van der Waals surface area contributed by atoms with Crippen molar-refractivity contribution in [1.29, 1.82) is 0 Å². The van der Waals surface area contributed by atoms with Crippen molar-refractivity contribution in [2.24, 2.45) is 0 Å². The molecule has 2 aromatic heterocycles. The number of nitrogens with zero attached hydrogens (tertiary/aromatic N) is 3. The van der Waals surface area contributed by atoms with Gasteiger partial charge in [-0.15, -0.1) is 0 Å². The lowest BCUT2D eigenvalue weighted by atomic mass is 10.0. The standard InChI is InChI=1S/C35H23N3/c1-3-11-23(12-4-1)30-22-31(24-13-5-2-6-14-24)37-35(36-30)38-32-18-10-9-17-28(32)34-29-21-25-15-7-8-16-26(25)27(29)19-20-33(34)38/h1-20,22H,21H2. The van der Waals surface area contributed by atoms with E-state index in [9.17, 15) is 0 Å². The first-order chi connectivity index (χ1) is 18.8. The summed E-state index contributed by atoms with van der Waals surface area (Å²) in [5.41, 5.74) is 11.7. The highest BCUT2D eigenvalue weighted by atomic mass is 15.2. The van der Waals surface area contributed by atoms with Crippen molar-refractivity contribution in [1.82, 2.24) is 14.5 Å². The van der Waals surface area contributed by atoms with E-state index in [1.165, 1.54) is 33.0 Å². The molecule has 7 aromatic rings. The van der Waals surface area contributed by atoms with Crippen LogP contribution in [0.2, 0.25) is 0 Å². The molecule has 0 N–H and O–H groups in total. The van der Waals surface area contributed by atoms with Crippen LogP contribution in [0.3, 0.4) is 0 Å². The molecule has 0 saturated carbocycles. The van der Waals surface area contributed by atoms with Gasteiger partial charge in [0, 0.05) is 21.9 Å². The minimum absolute atomic E-state index is 0.687. The van der Waals surface area contributed by atoms with Crippen molar-refractivity contribution in [2.75, 3.05) is 0 Å². The van der Waals surface area contributed by atoms with Crippen LogP contribution >= 0.6 is 0 Å². The van der Waals surface area contributed by atoms with Gasteiger partial charge >= 0.3 is 0 Å². The second-order valence-electron chi connectivity index (χ2n) is 9.84. The molecule has 0 fully saturated rings. The van der Waals surface area contributed by atoms with Crippen LogP contribution in [0.15, 0.2) is 127 Å². The summed E-state index contributed by atoms with van der Waals surface area (Å²) in [5, 5.41) is 2.53. The van der Waals surface area contributed by atoms with Gasteiger partial charge in [0.15, 0.2) is 0 Å². The van der Waals surface area contributed by atoms with E-state index in [0.29, 0.717) is 5.95 Å². The van der Waals surface area contributed by atoms with Gasteiger partial charge in [0.25, 0.3) is 0 Å². The Kier molecular flexibility index (Phi) is 4.58. The maximum Gasteiger partial charge on any atom is 0.235 e. The number of hydrogen-bond acceptors (Lipinski definition) is 2. The predicted octanol–water partition coefficient (Wildman–Crippen LogP) is 8.48. The fraction of sp³-hybridized carbons (Fsp3) is 0.0286. The lowest BCUT2D eigenvalue weighted by molar-refractivity contribution is 0.995. The molecular weight excluding hydrogens is 462 g/mol. The molecule has 0 radical (unpaired) electrons. The van der Waals surface area contributed by atoms with E-state index in [2.05, 4.69) is 120 Å². The average Bonchev–Trinajstić information content (AvgIpc) is 3.53. The normalized spacial score (nSPS) is 12.1. The smallest absolute Gasteiger partial charge is 0.235 e. The van der Waals surface area contributed by atoms with Gasteiger partial charge in [-0.05, 0) is 46.9 Å². The highest BCUT2D eigenvalue weighted by molar-refractivity contribution is 6.13.